The van der Waals surface area contributed by atoms with Gasteiger partial charge in [-0.3, -0.25) is 0 Å². The second kappa shape index (κ2) is 8.74. The number of H-pyrrole nitrogens is 1. The molecule has 0 saturated heterocycles. The number of aromatic amines is 1. The molecule has 2 aromatic heterocycles. The summed E-state index contributed by atoms with van der Waals surface area (Å²) in [7, 11) is 0. The van der Waals surface area contributed by atoms with Gasteiger partial charge >= 0.3 is 11.9 Å². The van der Waals surface area contributed by atoms with E-state index >= 15 is 0 Å². The zero-order valence-corrected chi connectivity index (χ0v) is 18.3. The van der Waals surface area contributed by atoms with E-state index in [0.29, 0.717) is 18.0 Å². The minimum Gasteiger partial charge on any atom is -0.490 e. The number of ether oxygens (including phenoxy) is 2. The number of aliphatic carboxylic acids is 1. The Morgan fingerprint density at radius 1 is 1.20 bits per heavy atom. The van der Waals surface area contributed by atoms with E-state index in [9.17, 15) is 14.7 Å². The number of hydrogen-bond donors (Lipinski definition) is 3. The third-order valence-electron chi connectivity index (χ3n) is 3.98. The maximum atomic E-state index is 12.8. The van der Waals surface area contributed by atoms with Crippen LogP contribution in [0.2, 0.25) is 0 Å². The van der Waals surface area contributed by atoms with E-state index in [-0.39, 0.29) is 23.6 Å². The minimum absolute atomic E-state index is 0.0519. The number of carbonyl (C=O) groups excluding carboxylic acids is 1. The summed E-state index contributed by atoms with van der Waals surface area (Å²) in [5.74, 6) is -1.35. The highest BCUT2D eigenvalue weighted by atomic mass is 16.6. The van der Waals surface area contributed by atoms with Crippen LogP contribution in [0.4, 0.5) is 0 Å². The summed E-state index contributed by atoms with van der Waals surface area (Å²) < 4.78 is 12.5. The number of hydrogen-bond acceptors (Lipinski definition) is 6. The molecule has 0 aliphatic carbocycles. The van der Waals surface area contributed by atoms with E-state index in [1.807, 2.05) is 0 Å². The second-order valence-corrected chi connectivity index (χ2v) is 8.76. The molecule has 0 aliphatic rings. The van der Waals surface area contributed by atoms with Crippen molar-refractivity contribution in [2.45, 2.75) is 47.1 Å². The first-order chi connectivity index (χ1) is 13.9. The molecule has 4 N–H and O–H groups in total. The van der Waals surface area contributed by atoms with Crippen LogP contribution in [0.15, 0.2) is 30.1 Å². The molecule has 9 heteroatoms. The van der Waals surface area contributed by atoms with Gasteiger partial charge < -0.3 is 25.3 Å². The smallest absolute Gasteiger partial charge is 0.357 e. The highest BCUT2D eigenvalue weighted by molar-refractivity contribution is 5.99. The number of nitrogens with one attached hydrogen (secondary N) is 1. The SMILES string of the molecule is CC(C)(C)OC(=O)c1ccnn1C(=C(C(=O)O)C(C)(C)C)c1[nH]ccc1OCCN. The van der Waals surface area contributed by atoms with Gasteiger partial charge in [0.2, 0.25) is 0 Å². The number of carboxylic acids is 1. The Labute approximate surface area is 175 Å². The molecule has 0 unspecified atom stereocenters. The quantitative estimate of drug-likeness (QED) is 0.465. The van der Waals surface area contributed by atoms with Crippen molar-refractivity contribution >= 4 is 17.6 Å². The fourth-order valence-corrected chi connectivity index (χ4v) is 2.91. The van der Waals surface area contributed by atoms with Gasteiger partial charge in [-0.05, 0) is 38.3 Å². The van der Waals surface area contributed by atoms with Crippen LogP contribution >= 0.6 is 0 Å². The standard InChI is InChI=1S/C21H30N4O5/c1-20(2,3)15(18(26)27)17(16-14(8-10-23-16)29-12-9-22)25-13(7-11-24-25)19(28)30-21(4,5)6/h7-8,10-11,23H,9,12,22H2,1-6H3,(H,26,27). The molecule has 0 amide bonds. The van der Waals surface area contributed by atoms with Gasteiger partial charge in [0, 0.05) is 12.7 Å². The summed E-state index contributed by atoms with van der Waals surface area (Å²) in [5, 5.41) is 14.3. The Balaban J connectivity index is 2.79. The molecule has 0 aromatic carbocycles. The van der Waals surface area contributed by atoms with Gasteiger partial charge in [0.25, 0.3) is 0 Å². The van der Waals surface area contributed by atoms with Gasteiger partial charge in [0.05, 0.1) is 11.8 Å². The highest BCUT2D eigenvalue weighted by Gasteiger charge is 2.33. The number of carboxylic acid groups (broad SMARTS) is 1. The van der Waals surface area contributed by atoms with Crippen molar-refractivity contribution in [2.24, 2.45) is 11.1 Å². The summed E-state index contributed by atoms with van der Waals surface area (Å²) >= 11 is 0. The Morgan fingerprint density at radius 3 is 2.40 bits per heavy atom. The summed E-state index contributed by atoms with van der Waals surface area (Å²) in [6.07, 6.45) is 3.05. The van der Waals surface area contributed by atoms with Crippen molar-refractivity contribution in [3.63, 3.8) is 0 Å². The molecular weight excluding hydrogens is 388 g/mol. The summed E-state index contributed by atoms with van der Waals surface area (Å²) in [4.78, 5) is 28.2. The van der Waals surface area contributed by atoms with Crippen LogP contribution in [0.25, 0.3) is 5.70 Å². The molecular formula is C21H30N4O5. The second-order valence-electron chi connectivity index (χ2n) is 8.76. The molecule has 2 aromatic rings. The number of esters is 1. The number of aromatic nitrogens is 3. The van der Waals surface area contributed by atoms with E-state index in [0.717, 1.165) is 0 Å². The zero-order chi connectivity index (χ0) is 22.7. The fraction of sp³-hybridized carbons (Fsp3) is 0.476. The van der Waals surface area contributed by atoms with Gasteiger partial charge in [-0.2, -0.15) is 5.10 Å². The Kier molecular flexibility index (Phi) is 6.77. The van der Waals surface area contributed by atoms with Crippen molar-refractivity contribution in [3.05, 3.63) is 41.5 Å². The van der Waals surface area contributed by atoms with Gasteiger partial charge in [-0.1, -0.05) is 20.8 Å². The first-order valence-electron chi connectivity index (χ1n) is 9.63. The topological polar surface area (TPSA) is 132 Å². The molecule has 2 heterocycles. The van der Waals surface area contributed by atoms with E-state index in [1.165, 1.54) is 16.9 Å². The zero-order valence-electron chi connectivity index (χ0n) is 18.3. The Hall–Kier alpha value is -3.07. The molecule has 0 radical (unpaired) electrons. The molecule has 30 heavy (non-hydrogen) atoms. The predicted octanol–water partition coefficient (Wildman–Crippen LogP) is 2.89. The van der Waals surface area contributed by atoms with Crippen LogP contribution in [0.1, 0.15) is 57.7 Å². The van der Waals surface area contributed by atoms with Crippen LogP contribution in [0, 0.1) is 5.41 Å². The van der Waals surface area contributed by atoms with Gasteiger partial charge in [-0.25, -0.2) is 14.3 Å². The first-order valence-corrected chi connectivity index (χ1v) is 9.63. The number of rotatable bonds is 7. The lowest BCUT2D eigenvalue weighted by Gasteiger charge is -2.25. The predicted molar refractivity (Wildman–Crippen MR) is 112 cm³/mol. The van der Waals surface area contributed by atoms with Crippen molar-refractivity contribution in [1.82, 2.24) is 14.8 Å². The van der Waals surface area contributed by atoms with Crippen molar-refractivity contribution in [2.75, 3.05) is 13.2 Å². The highest BCUT2D eigenvalue weighted by Crippen LogP contribution is 2.37. The molecule has 9 nitrogen and oxygen atoms in total. The summed E-state index contributed by atoms with van der Waals surface area (Å²) in [5.41, 5.74) is 4.76. The van der Waals surface area contributed by atoms with E-state index < -0.39 is 23.0 Å². The van der Waals surface area contributed by atoms with Crippen LogP contribution < -0.4 is 10.5 Å². The third kappa shape index (κ3) is 5.29. The number of nitrogens with two attached hydrogens (primary N) is 1. The normalized spacial score (nSPS) is 13.0. The lowest BCUT2D eigenvalue weighted by molar-refractivity contribution is -0.133. The molecule has 2 rings (SSSR count). The molecule has 0 aliphatic heterocycles. The summed E-state index contributed by atoms with van der Waals surface area (Å²) in [6.45, 7) is 11.1. The minimum atomic E-state index is -1.14. The van der Waals surface area contributed by atoms with Gasteiger partial charge in [0.15, 0.2) is 5.69 Å². The van der Waals surface area contributed by atoms with Crippen LogP contribution in [-0.4, -0.2) is 50.6 Å². The van der Waals surface area contributed by atoms with E-state index in [2.05, 4.69) is 10.1 Å². The van der Waals surface area contributed by atoms with Gasteiger partial charge in [-0.15, -0.1) is 0 Å². The Morgan fingerprint density at radius 2 is 1.87 bits per heavy atom. The molecule has 0 fully saturated rings. The van der Waals surface area contributed by atoms with Crippen LogP contribution in [0.3, 0.4) is 0 Å². The molecule has 0 bridgehead atoms. The molecule has 0 spiro atoms. The van der Waals surface area contributed by atoms with Crippen molar-refractivity contribution < 1.29 is 24.2 Å². The molecule has 0 saturated carbocycles. The van der Waals surface area contributed by atoms with Crippen molar-refractivity contribution in [1.29, 1.82) is 0 Å². The van der Waals surface area contributed by atoms with Crippen molar-refractivity contribution in [3.8, 4) is 5.75 Å². The monoisotopic (exact) mass is 418 g/mol. The van der Waals surface area contributed by atoms with E-state index in [1.54, 1.807) is 53.8 Å². The summed E-state index contributed by atoms with van der Waals surface area (Å²) in [6, 6.07) is 3.16. The lowest BCUT2D eigenvalue weighted by atomic mass is 9.84. The molecule has 164 valence electrons. The van der Waals surface area contributed by atoms with Crippen LogP contribution in [-0.2, 0) is 9.53 Å². The molecule has 0 atom stereocenters. The average Bonchev–Trinajstić information content (AvgIpc) is 3.24. The largest absolute Gasteiger partial charge is 0.490 e. The van der Waals surface area contributed by atoms with E-state index in [4.69, 9.17) is 15.2 Å². The number of nitrogens with zero attached hydrogens (tertiary/aromatic N) is 2. The fourth-order valence-electron chi connectivity index (χ4n) is 2.91. The lowest BCUT2D eigenvalue weighted by Crippen LogP contribution is -2.27. The Bertz CT molecular complexity index is 941. The number of carbonyl (C=O) groups is 2. The average molecular weight is 418 g/mol. The van der Waals surface area contributed by atoms with Gasteiger partial charge in [0.1, 0.15) is 29.3 Å². The maximum Gasteiger partial charge on any atom is 0.357 e. The first kappa shape index (κ1) is 23.2. The third-order valence-corrected chi connectivity index (χ3v) is 3.98. The van der Waals surface area contributed by atoms with Crippen LogP contribution in [0.5, 0.6) is 5.75 Å². The maximum absolute atomic E-state index is 12.8.